The zero-order valence-corrected chi connectivity index (χ0v) is 18.6. The number of rotatable bonds is 12. The van der Waals surface area contributed by atoms with Crippen molar-refractivity contribution >= 4 is 11.8 Å². The Bertz CT molecular complexity index is 621. The summed E-state index contributed by atoms with van der Waals surface area (Å²) in [4.78, 5) is 24.3. The predicted molar refractivity (Wildman–Crippen MR) is 116 cm³/mol. The monoisotopic (exact) mass is 406 g/mol. The van der Waals surface area contributed by atoms with Crippen molar-refractivity contribution in [1.29, 1.82) is 0 Å². The van der Waals surface area contributed by atoms with E-state index >= 15 is 0 Å². The first-order chi connectivity index (χ1) is 13.6. The normalized spacial score (nSPS) is 12.6. The maximum absolute atomic E-state index is 12.6. The molecule has 0 aliphatic carbocycles. The fraction of sp³-hybridized carbons (Fsp3) is 0.652. The van der Waals surface area contributed by atoms with E-state index < -0.39 is 0 Å². The Hall–Kier alpha value is -2.08. The van der Waals surface area contributed by atoms with Gasteiger partial charge in [0.1, 0.15) is 5.75 Å². The Labute approximate surface area is 175 Å². The van der Waals surface area contributed by atoms with Crippen LogP contribution in [0.15, 0.2) is 24.3 Å². The maximum atomic E-state index is 12.6. The molecule has 6 nitrogen and oxygen atoms in total. The second-order valence-corrected chi connectivity index (χ2v) is 9.12. The minimum atomic E-state index is -0.242. The number of phenolic OH excluding ortho intramolecular Hbond substituents is 1. The molecule has 2 amide bonds. The van der Waals surface area contributed by atoms with Gasteiger partial charge in [0.2, 0.25) is 11.8 Å². The standard InChI is InChI=1S/C23H38N2O4/c1-17(2)15-20(18-7-9-19(26)10-8-18)22(28)25-12-14-29-13-6-11-24-21(27)16-23(3,4)5/h7-10,17,20,26H,6,11-16H2,1-5H3,(H,24,27)(H,25,28). The third kappa shape index (κ3) is 11.5. The van der Waals surface area contributed by atoms with Crippen molar-refractivity contribution in [2.24, 2.45) is 11.3 Å². The van der Waals surface area contributed by atoms with Gasteiger partial charge in [-0.2, -0.15) is 0 Å². The number of hydrogen-bond acceptors (Lipinski definition) is 4. The first kappa shape index (κ1) is 25.0. The summed E-state index contributed by atoms with van der Waals surface area (Å²) in [5.41, 5.74) is 0.896. The summed E-state index contributed by atoms with van der Waals surface area (Å²) in [6, 6.07) is 6.82. The lowest BCUT2D eigenvalue weighted by molar-refractivity contribution is -0.124. The Morgan fingerprint density at radius 2 is 1.69 bits per heavy atom. The van der Waals surface area contributed by atoms with Crippen molar-refractivity contribution < 1.29 is 19.4 Å². The summed E-state index contributed by atoms with van der Waals surface area (Å²) in [7, 11) is 0. The first-order valence-electron chi connectivity index (χ1n) is 10.5. The van der Waals surface area contributed by atoms with Crippen LogP contribution < -0.4 is 10.6 Å². The molecule has 0 aliphatic heterocycles. The van der Waals surface area contributed by atoms with Crippen LogP contribution in [0, 0.1) is 11.3 Å². The van der Waals surface area contributed by atoms with Crippen LogP contribution in [0.25, 0.3) is 0 Å². The molecular formula is C23H38N2O4. The van der Waals surface area contributed by atoms with E-state index in [1.54, 1.807) is 24.3 Å². The molecule has 1 aromatic carbocycles. The molecule has 0 heterocycles. The SMILES string of the molecule is CC(C)CC(C(=O)NCCOCCCNC(=O)CC(C)(C)C)c1ccc(O)cc1. The summed E-state index contributed by atoms with van der Waals surface area (Å²) >= 11 is 0. The molecule has 0 spiro atoms. The van der Waals surface area contributed by atoms with Gasteiger partial charge >= 0.3 is 0 Å². The molecule has 29 heavy (non-hydrogen) atoms. The quantitative estimate of drug-likeness (QED) is 0.463. The Balaban J connectivity index is 2.25. The van der Waals surface area contributed by atoms with Gasteiger partial charge in [0.25, 0.3) is 0 Å². The number of nitrogens with one attached hydrogen (secondary N) is 2. The summed E-state index contributed by atoms with van der Waals surface area (Å²) < 4.78 is 5.55. The highest BCUT2D eigenvalue weighted by Crippen LogP contribution is 2.25. The minimum Gasteiger partial charge on any atom is -0.508 e. The van der Waals surface area contributed by atoms with Gasteiger partial charge in [-0.05, 0) is 41.9 Å². The molecule has 0 bridgehead atoms. The van der Waals surface area contributed by atoms with E-state index in [1.165, 1.54) is 0 Å². The van der Waals surface area contributed by atoms with E-state index in [1.807, 2.05) is 20.8 Å². The highest BCUT2D eigenvalue weighted by atomic mass is 16.5. The van der Waals surface area contributed by atoms with Gasteiger partial charge in [-0.1, -0.05) is 46.8 Å². The molecule has 1 rings (SSSR count). The van der Waals surface area contributed by atoms with Crippen LogP contribution in [0.2, 0.25) is 0 Å². The van der Waals surface area contributed by atoms with Gasteiger partial charge in [-0.15, -0.1) is 0 Å². The number of carbonyl (C=O) groups is 2. The van der Waals surface area contributed by atoms with E-state index in [-0.39, 0.29) is 28.9 Å². The van der Waals surface area contributed by atoms with Gasteiger partial charge in [-0.3, -0.25) is 9.59 Å². The molecular weight excluding hydrogens is 368 g/mol. The Morgan fingerprint density at radius 3 is 2.28 bits per heavy atom. The topological polar surface area (TPSA) is 87.7 Å². The van der Waals surface area contributed by atoms with Crippen molar-refractivity contribution in [1.82, 2.24) is 10.6 Å². The molecule has 0 aromatic heterocycles. The molecule has 0 saturated carbocycles. The number of benzene rings is 1. The van der Waals surface area contributed by atoms with Crippen molar-refractivity contribution in [3.63, 3.8) is 0 Å². The van der Waals surface area contributed by atoms with E-state index in [4.69, 9.17) is 4.74 Å². The Kier molecular flexibility index (Phi) is 10.7. The highest BCUT2D eigenvalue weighted by molar-refractivity contribution is 5.83. The molecule has 0 aliphatic rings. The fourth-order valence-corrected chi connectivity index (χ4v) is 2.99. The molecule has 1 unspecified atom stereocenters. The number of hydrogen-bond donors (Lipinski definition) is 3. The molecule has 0 saturated heterocycles. The average Bonchev–Trinajstić information content (AvgIpc) is 2.61. The van der Waals surface area contributed by atoms with Crippen LogP contribution in [0.3, 0.4) is 0 Å². The largest absolute Gasteiger partial charge is 0.508 e. The van der Waals surface area contributed by atoms with E-state index in [2.05, 4.69) is 24.5 Å². The lowest BCUT2D eigenvalue weighted by Gasteiger charge is -2.19. The molecule has 0 radical (unpaired) electrons. The molecule has 164 valence electrons. The predicted octanol–water partition coefficient (Wildman–Crippen LogP) is 3.60. The smallest absolute Gasteiger partial charge is 0.227 e. The average molecular weight is 407 g/mol. The summed E-state index contributed by atoms with van der Waals surface area (Å²) in [5.74, 6) is 0.371. The second kappa shape index (κ2) is 12.5. The van der Waals surface area contributed by atoms with Crippen LogP contribution >= 0.6 is 0 Å². The third-order valence-electron chi connectivity index (χ3n) is 4.34. The molecule has 1 atom stereocenters. The van der Waals surface area contributed by atoms with Crippen LogP contribution in [-0.4, -0.2) is 43.2 Å². The summed E-state index contributed by atoms with van der Waals surface area (Å²) in [6.45, 7) is 12.3. The maximum Gasteiger partial charge on any atom is 0.227 e. The highest BCUT2D eigenvalue weighted by Gasteiger charge is 2.21. The number of amides is 2. The number of aromatic hydroxyl groups is 1. The zero-order chi connectivity index (χ0) is 21.9. The number of carbonyl (C=O) groups excluding carboxylic acids is 2. The van der Waals surface area contributed by atoms with E-state index in [0.29, 0.717) is 38.6 Å². The van der Waals surface area contributed by atoms with Crippen molar-refractivity contribution in [2.45, 2.75) is 59.8 Å². The number of ether oxygens (including phenoxy) is 1. The second-order valence-electron chi connectivity index (χ2n) is 9.12. The Morgan fingerprint density at radius 1 is 1.03 bits per heavy atom. The van der Waals surface area contributed by atoms with Gasteiger partial charge in [0.15, 0.2) is 0 Å². The van der Waals surface area contributed by atoms with Gasteiger partial charge in [0.05, 0.1) is 12.5 Å². The van der Waals surface area contributed by atoms with Crippen molar-refractivity contribution in [3.05, 3.63) is 29.8 Å². The van der Waals surface area contributed by atoms with Crippen LogP contribution in [0.4, 0.5) is 0 Å². The molecule has 6 heteroatoms. The zero-order valence-electron chi connectivity index (χ0n) is 18.6. The van der Waals surface area contributed by atoms with Gasteiger partial charge < -0.3 is 20.5 Å². The lowest BCUT2D eigenvalue weighted by Crippen LogP contribution is -2.33. The van der Waals surface area contributed by atoms with Crippen molar-refractivity contribution in [2.75, 3.05) is 26.3 Å². The molecule has 3 N–H and O–H groups in total. The van der Waals surface area contributed by atoms with Gasteiger partial charge in [-0.25, -0.2) is 0 Å². The number of phenols is 1. The molecule has 1 aromatic rings. The van der Waals surface area contributed by atoms with E-state index in [0.717, 1.165) is 18.4 Å². The summed E-state index contributed by atoms with van der Waals surface area (Å²) in [6.07, 6.45) is 2.00. The first-order valence-corrected chi connectivity index (χ1v) is 10.5. The van der Waals surface area contributed by atoms with Crippen molar-refractivity contribution in [3.8, 4) is 5.75 Å². The third-order valence-corrected chi connectivity index (χ3v) is 4.34. The fourth-order valence-electron chi connectivity index (χ4n) is 2.99. The van der Waals surface area contributed by atoms with Crippen LogP contribution in [0.1, 0.15) is 65.4 Å². The van der Waals surface area contributed by atoms with Crippen LogP contribution in [-0.2, 0) is 14.3 Å². The lowest BCUT2D eigenvalue weighted by atomic mass is 9.89. The van der Waals surface area contributed by atoms with Gasteiger partial charge in [0, 0.05) is 26.1 Å². The summed E-state index contributed by atoms with van der Waals surface area (Å²) in [5, 5.41) is 15.3. The van der Waals surface area contributed by atoms with E-state index in [9.17, 15) is 14.7 Å². The molecule has 0 fully saturated rings. The van der Waals surface area contributed by atoms with Crippen LogP contribution in [0.5, 0.6) is 5.75 Å². The minimum absolute atomic E-state index is 0.00759.